The molecule has 17 heavy (non-hydrogen) atoms. The van der Waals surface area contributed by atoms with E-state index < -0.39 is 6.04 Å². The first-order chi connectivity index (χ1) is 7.97. The molecule has 0 saturated heterocycles. The van der Waals surface area contributed by atoms with Gasteiger partial charge in [-0.1, -0.05) is 35.8 Å². The van der Waals surface area contributed by atoms with E-state index in [4.69, 9.17) is 5.26 Å². The van der Waals surface area contributed by atoms with Crippen molar-refractivity contribution in [3.63, 3.8) is 0 Å². The second kappa shape index (κ2) is 5.83. The molecule has 1 aromatic rings. The number of halogens is 1. The maximum atomic E-state index is 12.0. The number of rotatable bonds is 3. The van der Waals surface area contributed by atoms with Gasteiger partial charge in [-0.15, -0.1) is 0 Å². The molecule has 1 aromatic carbocycles. The first-order valence-electron chi connectivity index (χ1n) is 5.43. The van der Waals surface area contributed by atoms with Crippen LogP contribution >= 0.6 is 15.9 Å². The molecule has 0 fully saturated rings. The summed E-state index contributed by atoms with van der Waals surface area (Å²) in [6.07, 6.45) is 0. The Morgan fingerprint density at radius 2 is 2.12 bits per heavy atom. The lowest BCUT2D eigenvalue weighted by molar-refractivity contribution is 0.0937. The number of hydrogen-bond donors (Lipinski definition) is 1. The lowest BCUT2D eigenvalue weighted by Crippen LogP contribution is -2.37. The van der Waals surface area contributed by atoms with Crippen LogP contribution in [0.25, 0.3) is 0 Å². The minimum Gasteiger partial charge on any atom is -0.336 e. The predicted molar refractivity (Wildman–Crippen MR) is 70.6 cm³/mol. The molecule has 0 radical (unpaired) electrons. The summed E-state index contributed by atoms with van der Waals surface area (Å²) in [6, 6.07) is 7.08. The fraction of sp³-hybridized carbons (Fsp3) is 0.385. The fourth-order valence-corrected chi connectivity index (χ4v) is 1.79. The van der Waals surface area contributed by atoms with Gasteiger partial charge in [0.05, 0.1) is 6.07 Å². The highest BCUT2D eigenvalue weighted by molar-refractivity contribution is 9.10. The number of amides is 1. The first kappa shape index (κ1) is 13.7. The van der Waals surface area contributed by atoms with E-state index in [1.54, 1.807) is 6.07 Å². The Morgan fingerprint density at radius 3 is 2.65 bits per heavy atom. The third kappa shape index (κ3) is 3.31. The zero-order valence-corrected chi connectivity index (χ0v) is 11.7. The van der Waals surface area contributed by atoms with Crippen molar-refractivity contribution in [2.24, 2.45) is 5.92 Å². The van der Waals surface area contributed by atoms with Gasteiger partial charge in [0.15, 0.2) is 0 Å². The molecule has 1 atom stereocenters. The minimum absolute atomic E-state index is 0.0939. The number of hydrogen-bond acceptors (Lipinski definition) is 2. The summed E-state index contributed by atoms with van der Waals surface area (Å²) >= 11 is 3.38. The third-order valence-corrected chi connectivity index (χ3v) is 3.46. The molecule has 0 saturated carbocycles. The van der Waals surface area contributed by atoms with Gasteiger partial charge in [0.25, 0.3) is 5.91 Å². The van der Waals surface area contributed by atoms with Gasteiger partial charge in [0.2, 0.25) is 0 Å². The van der Waals surface area contributed by atoms with Gasteiger partial charge in [-0.05, 0) is 30.5 Å². The van der Waals surface area contributed by atoms with Crippen LogP contribution in [0.5, 0.6) is 0 Å². The lowest BCUT2D eigenvalue weighted by atomic mass is 10.0. The monoisotopic (exact) mass is 294 g/mol. The van der Waals surface area contributed by atoms with Crippen LogP contribution in [0.3, 0.4) is 0 Å². The maximum absolute atomic E-state index is 12.0. The number of carbonyl (C=O) groups excluding carboxylic acids is 1. The van der Waals surface area contributed by atoms with Crippen molar-refractivity contribution in [1.82, 2.24) is 5.32 Å². The summed E-state index contributed by atoms with van der Waals surface area (Å²) in [5.74, 6) is -0.111. The highest BCUT2D eigenvalue weighted by Gasteiger charge is 2.17. The highest BCUT2D eigenvalue weighted by atomic mass is 79.9. The van der Waals surface area contributed by atoms with Crippen LogP contribution in [0, 0.1) is 24.2 Å². The molecule has 3 nitrogen and oxygen atoms in total. The van der Waals surface area contributed by atoms with Crippen LogP contribution in [0.4, 0.5) is 0 Å². The van der Waals surface area contributed by atoms with Crippen LogP contribution < -0.4 is 5.32 Å². The molecule has 0 heterocycles. The van der Waals surface area contributed by atoms with Crippen LogP contribution in [0.2, 0.25) is 0 Å². The molecule has 0 bridgehead atoms. The maximum Gasteiger partial charge on any atom is 0.252 e. The van der Waals surface area contributed by atoms with Crippen molar-refractivity contribution >= 4 is 21.8 Å². The topological polar surface area (TPSA) is 52.9 Å². The highest BCUT2D eigenvalue weighted by Crippen LogP contribution is 2.19. The van der Waals surface area contributed by atoms with Crippen LogP contribution in [0.1, 0.15) is 29.8 Å². The summed E-state index contributed by atoms with van der Waals surface area (Å²) in [7, 11) is 0. The van der Waals surface area contributed by atoms with Crippen LogP contribution in [-0.4, -0.2) is 11.9 Å². The van der Waals surface area contributed by atoms with Gasteiger partial charge in [-0.25, -0.2) is 0 Å². The smallest absolute Gasteiger partial charge is 0.252 e. The Kier molecular flexibility index (Phi) is 4.71. The molecule has 0 aliphatic heterocycles. The summed E-state index contributed by atoms with van der Waals surface area (Å²) in [6.45, 7) is 5.68. The number of nitriles is 1. The van der Waals surface area contributed by atoms with E-state index in [0.717, 1.165) is 10.0 Å². The van der Waals surface area contributed by atoms with E-state index in [9.17, 15) is 4.79 Å². The zero-order valence-electron chi connectivity index (χ0n) is 10.1. The summed E-state index contributed by atoms with van der Waals surface area (Å²) in [4.78, 5) is 12.0. The van der Waals surface area contributed by atoms with E-state index >= 15 is 0 Å². The second-order valence-corrected chi connectivity index (χ2v) is 5.09. The number of benzene rings is 1. The van der Waals surface area contributed by atoms with Crippen LogP contribution in [-0.2, 0) is 0 Å². The molecular formula is C13H15BrN2O. The molecular weight excluding hydrogens is 280 g/mol. The largest absolute Gasteiger partial charge is 0.336 e. The molecule has 1 rings (SSSR count). The Bertz CT molecular complexity index is 463. The lowest BCUT2D eigenvalue weighted by Gasteiger charge is -2.16. The quantitative estimate of drug-likeness (QED) is 0.931. The Balaban J connectivity index is 2.91. The van der Waals surface area contributed by atoms with Gasteiger partial charge >= 0.3 is 0 Å². The molecule has 1 N–H and O–H groups in total. The summed E-state index contributed by atoms with van der Waals surface area (Å²) < 4.78 is 0.892. The molecule has 0 aromatic heterocycles. The number of nitrogens with zero attached hydrogens (tertiary/aromatic N) is 1. The predicted octanol–water partition coefficient (Wildman–Crippen LogP) is 3.04. The normalized spacial score (nSPS) is 12.0. The molecule has 0 aliphatic carbocycles. The minimum atomic E-state index is -0.458. The van der Waals surface area contributed by atoms with Gasteiger partial charge in [-0.3, -0.25) is 4.79 Å². The average molecular weight is 295 g/mol. The van der Waals surface area contributed by atoms with Crippen molar-refractivity contribution in [2.75, 3.05) is 0 Å². The molecule has 1 amide bonds. The molecule has 0 aliphatic rings. The van der Waals surface area contributed by atoms with Gasteiger partial charge in [0, 0.05) is 10.0 Å². The van der Waals surface area contributed by atoms with E-state index in [-0.39, 0.29) is 11.8 Å². The first-order valence-corrected chi connectivity index (χ1v) is 6.22. The van der Waals surface area contributed by atoms with Crippen molar-refractivity contribution in [1.29, 1.82) is 5.26 Å². The average Bonchev–Trinajstić information content (AvgIpc) is 2.28. The van der Waals surface area contributed by atoms with Gasteiger partial charge in [0.1, 0.15) is 6.04 Å². The van der Waals surface area contributed by atoms with Crippen molar-refractivity contribution in [3.05, 3.63) is 33.8 Å². The Morgan fingerprint density at radius 1 is 1.47 bits per heavy atom. The summed E-state index contributed by atoms with van der Waals surface area (Å²) in [5.41, 5.74) is 1.48. The van der Waals surface area contributed by atoms with Crippen molar-refractivity contribution < 1.29 is 4.79 Å². The molecule has 4 heteroatoms. The summed E-state index contributed by atoms with van der Waals surface area (Å²) in [5, 5.41) is 11.7. The van der Waals surface area contributed by atoms with Crippen LogP contribution in [0.15, 0.2) is 22.7 Å². The van der Waals surface area contributed by atoms with Crippen molar-refractivity contribution in [3.8, 4) is 6.07 Å². The Hall–Kier alpha value is -1.34. The number of carbonyl (C=O) groups is 1. The van der Waals surface area contributed by atoms with Crippen molar-refractivity contribution in [2.45, 2.75) is 26.8 Å². The third-order valence-electron chi connectivity index (χ3n) is 2.60. The SMILES string of the molecule is Cc1c(Br)cccc1C(=O)NC(C#N)C(C)C. The fourth-order valence-electron chi connectivity index (χ4n) is 1.42. The standard InChI is InChI=1S/C13H15BrN2O/c1-8(2)12(7-15)16-13(17)10-5-4-6-11(14)9(10)3/h4-6,8,12H,1-3H3,(H,16,17). The van der Waals surface area contributed by atoms with E-state index in [0.29, 0.717) is 5.56 Å². The molecule has 90 valence electrons. The van der Waals surface area contributed by atoms with E-state index in [2.05, 4.69) is 27.3 Å². The zero-order chi connectivity index (χ0) is 13.0. The molecule has 1 unspecified atom stereocenters. The Labute approximate surface area is 110 Å². The van der Waals surface area contributed by atoms with E-state index in [1.807, 2.05) is 32.9 Å². The van der Waals surface area contributed by atoms with E-state index in [1.165, 1.54) is 0 Å². The second-order valence-electron chi connectivity index (χ2n) is 4.24. The number of nitrogens with one attached hydrogen (secondary N) is 1. The van der Waals surface area contributed by atoms with Gasteiger partial charge in [-0.2, -0.15) is 5.26 Å². The van der Waals surface area contributed by atoms with Gasteiger partial charge < -0.3 is 5.32 Å². The molecule has 0 spiro atoms.